The number of carbonyl (C=O) groups is 5. The normalized spacial score (nSPS) is 23.2. The van der Waals surface area contributed by atoms with Gasteiger partial charge in [0.1, 0.15) is 35.1 Å². The predicted molar refractivity (Wildman–Crippen MR) is 135 cm³/mol. The van der Waals surface area contributed by atoms with E-state index in [2.05, 4.69) is 0 Å². The summed E-state index contributed by atoms with van der Waals surface area (Å²) in [5, 5.41) is 0. The summed E-state index contributed by atoms with van der Waals surface area (Å²) >= 11 is 0. The van der Waals surface area contributed by atoms with E-state index in [0.717, 1.165) is 12.0 Å². The van der Waals surface area contributed by atoms with Gasteiger partial charge in [-0.15, -0.1) is 0 Å². The summed E-state index contributed by atoms with van der Waals surface area (Å²) in [6, 6.07) is 5.38. The molecule has 2 amide bonds. The molecule has 1 saturated heterocycles. The van der Waals surface area contributed by atoms with Crippen molar-refractivity contribution in [2.45, 2.75) is 83.7 Å². The van der Waals surface area contributed by atoms with Crippen molar-refractivity contribution in [1.82, 2.24) is 4.90 Å². The van der Waals surface area contributed by atoms with E-state index in [0.29, 0.717) is 11.3 Å². The van der Waals surface area contributed by atoms with Crippen LogP contribution in [0.4, 0.5) is 15.3 Å². The molecule has 0 radical (unpaired) electrons. The van der Waals surface area contributed by atoms with Gasteiger partial charge in [-0.05, 0) is 66.5 Å². The standard InChI is InChI=1S/C27H36N2O9/c1-15(30)19(21(32)36-9)27-14-18(20(31)35-8)29(24(34)38-26(5,6)7)22(27)28(23(33)37-25(2,3)4)17-13-11-10-12-16(17)27/h10-13,18-19,22H,14H2,1-9H3/t18-,19?,22+,27+/m1/s1. The minimum atomic E-state index is -1.57. The molecule has 0 aromatic heterocycles. The second-order valence-electron chi connectivity index (χ2n) is 11.5. The van der Waals surface area contributed by atoms with Gasteiger partial charge < -0.3 is 18.9 Å². The molecule has 1 aromatic carbocycles. The summed E-state index contributed by atoms with van der Waals surface area (Å²) < 4.78 is 21.4. The number of anilines is 1. The highest BCUT2D eigenvalue weighted by Gasteiger charge is 2.71. The molecule has 1 unspecified atom stereocenters. The summed E-state index contributed by atoms with van der Waals surface area (Å²) in [4.78, 5) is 69.2. The minimum absolute atomic E-state index is 0.209. The van der Waals surface area contributed by atoms with E-state index >= 15 is 0 Å². The zero-order valence-corrected chi connectivity index (χ0v) is 23.3. The van der Waals surface area contributed by atoms with E-state index in [1.165, 1.54) is 18.9 Å². The van der Waals surface area contributed by atoms with Gasteiger partial charge in [-0.25, -0.2) is 14.4 Å². The topological polar surface area (TPSA) is 129 Å². The first kappa shape index (κ1) is 28.9. The number of ether oxygens (including phenoxy) is 4. The summed E-state index contributed by atoms with van der Waals surface area (Å²) in [6.07, 6.45) is -3.31. The third kappa shape index (κ3) is 4.93. The van der Waals surface area contributed by atoms with Crippen molar-refractivity contribution < 1.29 is 42.9 Å². The van der Waals surface area contributed by atoms with Crippen molar-refractivity contribution in [1.29, 1.82) is 0 Å². The molecule has 4 atom stereocenters. The molecule has 2 aliphatic heterocycles. The fraction of sp³-hybridized carbons (Fsp3) is 0.593. The molecule has 2 aliphatic rings. The van der Waals surface area contributed by atoms with Gasteiger partial charge in [0.2, 0.25) is 0 Å². The highest BCUT2D eigenvalue weighted by molar-refractivity contribution is 6.04. The molecule has 0 aliphatic carbocycles. The minimum Gasteiger partial charge on any atom is -0.468 e. The van der Waals surface area contributed by atoms with Gasteiger partial charge in [-0.1, -0.05) is 18.2 Å². The van der Waals surface area contributed by atoms with Crippen molar-refractivity contribution in [3.63, 3.8) is 0 Å². The Hall–Kier alpha value is -3.63. The van der Waals surface area contributed by atoms with Gasteiger partial charge in [-0.3, -0.25) is 19.4 Å². The van der Waals surface area contributed by atoms with E-state index in [-0.39, 0.29) is 6.42 Å². The maximum absolute atomic E-state index is 13.7. The van der Waals surface area contributed by atoms with Crippen molar-refractivity contribution in [2.24, 2.45) is 5.92 Å². The lowest BCUT2D eigenvalue weighted by atomic mass is 9.66. The molecule has 11 heteroatoms. The van der Waals surface area contributed by atoms with Crippen LogP contribution in [0.25, 0.3) is 0 Å². The number of amides is 2. The van der Waals surface area contributed by atoms with Crippen LogP contribution in [0.1, 0.15) is 60.5 Å². The number of hydrogen-bond acceptors (Lipinski definition) is 9. The maximum atomic E-state index is 13.7. The summed E-state index contributed by atoms with van der Waals surface area (Å²) in [5.41, 5.74) is -2.70. The number of carbonyl (C=O) groups excluding carboxylic acids is 5. The van der Waals surface area contributed by atoms with Gasteiger partial charge in [0.15, 0.2) is 0 Å². The van der Waals surface area contributed by atoms with Crippen molar-refractivity contribution in [3.8, 4) is 0 Å². The first-order chi connectivity index (χ1) is 17.5. The van der Waals surface area contributed by atoms with Crippen LogP contribution in [0.5, 0.6) is 0 Å². The van der Waals surface area contributed by atoms with Gasteiger partial charge in [0.05, 0.1) is 25.3 Å². The molecule has 0 spiro atoms. The highest BCUT2D eigenvalue weighted by atomic mass is 16.6. The SMILES string of the molecule is COC(=O)C(C(C)=O)[C@@]12C[C@H](C(=O)OC)N(C(=O)OC(C)(C)C)[C@@H]1N(C(=O)OC(C)(C)C)c1ccccc12. The van der Waals surface area contributed by atoms with E-state index in [4.69, 9.17) is 18.9 Å². The van der Waals surface area contributed by atoms with Crippen LogP contribution in [0.3, 0.4) is 0 Å². The first-order valence-electron chi connectivity index (χ1n) is 12.3. The molecule has 1 aromatic rings. The largest absolute Gasteiger partial charge is 0.468 e. The van der Waals surface area contributed by atoms with Crippen LogP contribution >= 0.6 is 0 Å². The zero-order chi connectivity index (χ0) is 28.8. The molecule has 1 fully saturated rings. The molecular weight excluding hydrogens is 496 g/mol. The Morgan fingerprint density at radius 3 is 1.95 bits per heavy atom. The molecule has 38 heavy (non-hydrogen) atoms. The van der Waals surface area contributed by atoms with Gasteiger partial charge in [-0.2, -0.15) is 0 Å². The van der Waals surface area contributed by atoms with E-state index in [1.54, 1.807) is 65.8 Å². The molecule has 0 bridgehead atoms. The Balaban J connectivity index is 2.40. The predicted octanol–water partition coefficient (Wildman–Crippen LogP) is 3.57. The molecule has 0 saturated carbocycles. The number of hydrogen-bond donors (Lipinski definition) is 0. The smallest absolute Gasteiger partial charge is 0.416 e. The Morgan fingerprint density at radius 2 is 1.45 bits per heavy atom. The lowest BCUT2D eigenvalue weighted by molar-refractivity contribution is -0.153. The second-order valence-corrected chi connectivity index (χ2v) is 11.5. The average Bonchev–Trinajstić information content (AvgIpc) is 3.26. The number of para-hydroxylation sites is 1. The number of fused-ring (bicyclic) bond motifs is 3. The van der Waals surface area contributed by atoms with E-state index in [9.17, 15) is 24.0 Å². The lowest BCUT2D eigenvalue weighted by Gasteiger charge is -2.40. The second kappa shape index (κ2) is 9.92. The molecular formula is C27H36N2O9. The first-order valence-corrected chi connectivity index (χ1v) is 12.3. The highest BCUT2D eigenvalue weighted by Crippen LogP contribution is 2.59. The molecule has 208 valence electrons. The number of rotatable bonds is 4. The Bertz CT molecular complexity index is 1150. The number of ketones is 1. The van der Waals surface area contributed by atoms with Crippen LogP contribution in [0.15, 0.2) is 24.3 Å². The van der Waals surface area contributed by atoms with Crippen molar-refractivity contribution in [3.05, 3.63) is 29.8 Å². The monoisotopic (exact) mass is 532 g/mol. The number of nitrogens with zero attached hydrogens (tertiary/aromatic N) is 2. The molecule has 3 rings (SSSR count). The third-order valence-corrected chi connectivity index (χ3v) is 6.53. The van der Waals surface area contributed by atoms with Crippen LogP contribution < -0.4 is 4.90 Å². The van der Waals surface area contributed by atoms with Crippen LogP contribution in [-0.2, 0) is 38.7 Å². The van der Waals surface area contributed by atoms with Crippen LogP contribution in [-0.4, -0.2) is 72.4 Å². The maximum Gasteiger partial charge on any atom is 0.416 e. The fourth-order valence-electron chi connectivity index (χ4n) is 5.42. The Kier molecular flexibility index (Phi) is 7.55. The number of esters is 2. The zero-order valence-electron chi connectivity index (χ0n) is 23.3. The number of methoxy groups -OCH3 is 2. The summed E-state index contributed by atoms with van der Waals surface area (Å²) in [6.45, 7) is 11.3. The molecule has 0 N–H and O–H groups in total. The molecule has 2 heterocycles. The average molecular weight is 533 g/mol. The van der Waals surface area contributed by atoms with Crippen LogP contribution in [0, 0.1) is 5.92 Å². The van der Waals surface area contributed by atoms with Gasteiger partial charge in [0, 0.05) is 0 Å². The fourth-order valence-corrected chi connectivity index (χ4v) is 5.42. The number of benzene rings is 1. The summed E-state index contributed by atoms with van der Waals surface area (Å²) in [5.74, 6) is -3.68. The summed E-state index contributed by atoms with van der Waals surface area (Å²) in [7, 11) is 2.31. The van der Waals surface area contributed by atoms with E-state index < -0.39 is 64.7 Å². The Morgan fingerprint density at radius 1 is 0.895 bits per heavy atom. The third-order valence-electron chi connectivity index (χ3n) is 6.53. The lowest BCUT2D eigenvalue weighted by Crippen LogP contribution is -2.60. The quantitative estimate of drug-likeness (QED) is 0.325. The van der Waals surface area contributed by atoms with Gasteiger partial charge in [0.25, 0.3) is 0 Å². The number of Topliss-reactive ketones (excluding diaryl/α,β-unsaturated/α-hetero) is 1. The van der Waals surface area contributed by atoms with Crippen molar-refractivity contribution >= 4 is 35.6 Å². The Labute approximate surface area is 222 Å². The van der Waals surface area contributed by atoms with Gasteiger partial charge >= 0.3 is 24.1 Å². The van der Waals surface area contributed by atoms with E-state index in [1.807, 2.05) is 0 Å². The number of likely N-dealkylation sites (tertiary alicyclic amines) is 1. The van der Waals surface area contributed by atoms with Crippen molar-refractivity contribution in [2.75, 3.05) is 19.1 Å². The molecule has 11 nitrogen and oxygen atoms in total. The van der Waals surface area contributed by atoms with Crippen LogP contribution in [0.2, 0.25) is 0 Å².